The largest absolute Gasteiger partial charge is 0.277 e. The Labute approximate surface area is 136 Å². The second-order valence-corrected chi connectivity index (χ2v) is 5.18. The molecule has 0 bridgehead atoms. The molecule has 0 aromatic heterocycles. The summed E-state index contributed by atoms with van der Waals surface area (Å²) in [5.41, 5.74) is 1.12. The molecule has 0 atom stereocenters. The fourth-order valence-electron chi connectivity index (χ4n) is 2.29. The first-order valence-electron chi connectivity index (χ1n) is 6.57. The number of carbonyl (C=O) groups excluding carboxylic acids is 2. The highest BCUT2D eigenvalue weighted by Crippen LogP contribution is 2.34. The number of hydrogen-bond donors (Lipinski definition) is 0. The van der Waals surface area contributed by atoms with E-state index in [1.165, 1.54) is 48.5 Å². The van der Waals surface area contributed by atoms with E-state index in [1.54, 1.807) is 0 Å². The number of rotatable bonds is 2. The molecule has 23 heavy (non-hydrogen) atoms. The second kappa shape index (κ2) is 5.67. The topological polar surface area (TPSA) is 61.2 Å². The standard InChI is InChI=1S/C17H8ClFN2O2/c18-15-14(11-3-5-12(19)6-4-11)16(22)21(17(15)23)13-7-1-10(9-20)2-8-13/h1-8H. The normalized spacial score (nSPS) is 14.4. The van der Waals surface area contributed by atoms with Gasteiger partial charge in [-0.1, -0.05) is 23.7 Å². The molecule has 2 amide bonds. The summed E-state index contributed by atoms with van der Waals surface area (Å²) < 4.78 is 13.0. The Kier molecular flexibility index (Phi) is 3.68. The van der Waals surface area contributed by atoms with Crippen LogP contribution in [0.5, 0.6) is 0 Å². The van der Waals surface area contributed by atoms with Gasteiger partial charge in [-0.2, -0.15) is 5.26 Å². The molecule has 2 aromatic carbocycles. The molecule has 1 aliphatic rings. The highest BCUT2D eigenvalue weighted by atomic mass is 35.5. The summed E-state index contributed by atoms with van der Waals surface area (Å²) in [5, 5.41) is 8.58. The molecule has 0 saturated carbocycles. The van der Waals surface area contributed by atoms with Crippen LogP contribution in [0, 0.1) is 17.1 Å². The van der Waals surface area contributed by atoms with Crippen LogP contribution in [0.4, 0.5) is 10.1 Å². The first-order valence-corrected chi connectivity index (χ1v) is 6.95. The lowest BCUT2D eigenvalue weighted by atomic mass is 10.1. The van der Waals surface area contributed by atoms with E-state index < -0.39 is 17.6 Å². The van der Waals surface area contributed by atoms with E-state index in [9.17, 15) is 14.0 Å². The van der Waals surface area contributed by atoms with Crippen molar-refractivity contribution in [3.63, 3.8) is 0 Å². The Morgan fingerprint density at radius 1 is 0.957 bits per heavy atom. The molecule has 1 heterocycles. The van der Waals surface area contributed by atoms with Crippen molar-refractivity contribution < 1.29 is 14.0 Å². The molecular formula is C17H8ClFN2O2. The number of benzene rings is 2. The molecular weight excluding hydrogens is 319 g/mol. The zero-order chi connectivity index (χ0) is 16.6. The number of anilines is 1. The van der Waals surface area contributed by atoms with E-state index >= 15 is 0 Å². The lowest BCUT2D eigenvalue weighted by molar-refractivity contribution is -0.119. The van der Waals surface area contributed by atoms with Gasteiger partial charge in [-0.15, -0.1) is 0 Å². The van der Waals surface area contributed by atoms with Crippen LogP contribution < -0.4 is 4.90 Å². The van der Waals surface area contributed by atoms with Gasteiger partial charge in [-0.3, -0.25) is 9.59 Å². The van der Waals surface area contributed by atoms with Gasteiger partial charge < -0.3 is 0 Å². The fraction of sp³-hybridized carbons (Fsp3) is 0. The Hall–Kier alpha value is -2.97. The van der Waals surface area contributed by atoms with Crippen molar-refractivity contribution in [1.82, 2.24) is 0 Å². The predicted molar refractivity (Wildman–Crippen MR) is 82.8 cm³/mol. The Bertz CT molecular complexity index is 880. The van der Waals surface area contributed by atoms with Gasteiger partial charge in [0.05, 0.1) is 22.9 Å². The first-order chi connectivity index (χ1) is 11.0. The number of imide groups is 1. The Morgan fingerprint density at radius 3 is 2.13 bits per heavy atom. The van der Waals surface area contributed by atoms with Gasteiger partial charge in [-0.05, 0) is 42.0 Å². The van der Waals surface area contributed by atoms with Crippen molar-refractivity contribution in [2.45, 2.75) is 0 Å². The zero-order valence-corrected chi connectivity index (χ0v) is 12.3. The summed E-state index contributed by atoms with van der Waals surface area (Å²) in [7, 11) is 0. The van der Waals surface area contributed by atoms with Crippen LogP contribution >= 0.6 is 11.6 Å². The van der Waals surface area contributed by atoms with E-state index in [-0.39, 0.29) is 10.6 Å². The maximum absolute atomic E-state index is 13.0. The van der Waals surface area contributed by atoms with Crippen LogP contribution in [0.2, 0.25) is 0 Å². The molecule has 0 fully saturated rings. The number of hydrogen-bond acceptors (Lipinski definition) is 3. The molecule has 112 valence electrons. The summed E-state index contributed by atoms with van der Waals surface area (Å²) in [6.45, 7) is 0. The molecule has 0 N–H and O–H groups in total. The average molecular weight is 327 g/mol. The molecule has 0 saturated heterocycles. The lowest BCUT2D eigenvalue weighted by Gasteiger charge is -2.14. The van der Waals surface area contributed by atoms with Gasteiger partial charge in [0.15, 0.2) is 0 Å². The lowest BCUT2D eigenvalue weighted by Crippen LogP contribution is -2.31. The van der Waals surface area contributed by atoms with Crippen molar-refractivity contribution in [1.29, 1.82) is 5.26 Å². The minimum absolute atomic E-state index is 0.0287. The number of nitriles is 1. The van der Waals surface area contributed by atoms with Crippen LogP contribution in [-0.2, 0) is 9.59 Å². The fourth-order valence-corrected chi connectivity index (χ4v) is 2.56. The maximum Gasteiger partial charge on any atom is 0.277 e. The number of amides is 2. The number of halogens is 2. The third-order valence-corrected chi connectivity index (χ3v) is 3.77. The van der Waals surface area contributed by atoms with Crippen LogP contribution in [0.3, 0.4) is 0 Å². The second-order valence-electron chi connectivity index (χ2n) is 4.80. The van der Waals surface area contributed by atoms with Crippen molar-refractivity contribution in [3.05, 3.63) is 70.5 Å². The molecule has 0 spiro atoms. The molecule has 0 unspecified atom stereocenters. The Balaban J connectivity index is 2.01. The Morgan fingerprint density at radius 2 is 1.57 bits per heavy atom. The highest BCUT2D eigenvalue weighted by molar-refractivity contribution is 6.60. The average Bonchev–Trinajstić information content (AvgIpc) is 2.78. The zero-order valence-electron chi connectivity index (χ0n) is 11.6. The first kappa shape index (κ1) is 14.9. The SMILES string of the molecule is N#Cc1ccc(N2C(=O)C(Cl)=C(c3ccc(F)cc3)C2=O)cc1. The van der Waals surface area contributed by atoms with Crippen LogP contribution in [-0.4, -0.2) is 11.8 Å². The predicted octanol–water partition coefficient (Wildman–Crippen LogP) is 3.22. The molecule has 4 nitrogen and oxygen atoms in total. The van der Waals surface area contributed by atoms with E-state index in [2.05, 4.69) is 0 Å². The molecule has 1 aliphatic heterocycles. The van der Waals surface area contributed by atoms with Gasteiger partial charge in [0, 0.05) is 0 Å². The van der Waals surface area contributed by atoms with Gasteiger partial charge in [-0.25, -0.2) is 9.29 Å². The van der Waals surface area contributed by atoms with E-state index in [0.29, 0.717) is 16.8 Å². The smallest absolute Gasteiger partial charge is 0.268 e. The maximum atomic E-state index is 13.0. The van der Waals surface area contributed by atoms with E-state index in [4.69, 9.17) is 16.9 Å². The summed E-state index contributed by atoms with van der Waals surface area (Å²) in [5.74, 6) is -1.69. The molecule has 2 aromatic rings. The van der Waals surface area contributed by atoms with E-state index in [1.807, 2.05) is 6.07 Å². The number of nitrogens with zero attached hydrogens (tertiary/aromatic N) is 2. The third-order valence-electron chi connectivity index (χ3n) is 3.41. The van der Waals surface area contributed by atoms with Crippen molar-refractivity contribution in [2.24, 2.45) is 0 Å². The molecule has 3 rings (SSSR count). The monoisotopic (exact) mass is 326 g/mol. The molecule has 6 heteroatoms. The van der Waals surface area contributed by atoms with Crippen molar-refractivity contribution in [3.8, 4) is 6.07 Å². The van der Waals surface area contributed by atoms with Gasteiger partial charge >= 0.3 is 0 Å². The summed E-state index contributed by atoms with van der Waals surface area (Å²) in [4.78, 5) is 25.8. The van der Waals surface area contributed by atoms with Gasteiger partial charge in [0.25, 0.3) is 11.8 Å². The summed E-state index contributed by atoms with van der Waals surface area (Å²) in [6, 6.07) is 13.1. The highest BCUT2D eigenvalue weighted by Gasteiger charge is 2.39. The molecule has 0 aliphatic carbocycles. The molecule has 0 radical (unpaired) electrons. The van der Waals surface area contributed by atoms with Crippen LogP contribution in [0.15, 0.2) is 53.6 Å². The van der Waals surface area contributed by atoms with Crippen molar-refractivity contribution in [2.75, 3.05) is 4.90 Å². The quantitative estimate of drug-likeness (QED) is 0.796. The van der Waals surface area contributed by atoms with Crippen LogP contribution in [0.25, 0.3) is 5.57 Å². The summed E-state index contributed by atoms with van der Waals surface area (Å²) >= 11 is 6.02. The van der Waals surface area contributed by atoms with Crippen molar-refractivity contribution >= 4 is 34.7 Å². The van der Waals surface area contributed by atoms with Gasteiger partial charge in [0.2, 0.25) is 0 Å². The third kappa shape index (κ3) is 2.50. The minimum Gasteiger partial charge on any atom is -0.268 e. The summed E-state index contributed by atoms with van der Waals surface area (Å²) in [6.07, 6.45) is 0. The van der Waals surface area contributed by atoms with Crippen LogP contribution in [0.1, 0.15) is 11.1 Å². The van der Waals surface area contributed by atoms with E-state index in [0.717, 1.165) is 4.90 Å². The minimum atomic E-state index is -0.652. The van der Waals surface area contributed by atoms with Gasteiger partial charge in [0.1, 0.15) is 10.8 Å². The number of carbonyl (C=O) groups is 2.